The van der Waals surface area contributed by atoms with Gasteiger partial charge in [-0.15, -0.1) is 11.3 Å². The van der Waals surface area contributed by atoms with Crippen molar-refractivity contribution in [3.63, 3.8) is 0 Å². The zero-order valence-electron chi connectivity index (χ0n) is 24.4. The fourth-order valence-electron chi connectivity index (χ4n) is 4.89. The monoisotopic (exact) mass is 606 g/mol. The van der Waals surface area contributed by atoms with Crippen LogP contribution >= 0.6 is 11.3 Å². The molecule has 1 amide bonds. The van der Waals surface area contributed by atoms with Crippen LogP contribution in [0.25, 0.3) is 33.7 Å². The zero-order chi connectivity index (χ0) is 30.7. The van der Waals surface area contributed by atoms with Gasteiger partial charge in [0, 0.05) is 49.4 Å². The van der Waals surface area contributed by atoms with Gasteiger partial charge in [0.05, 0.1) is 47.2 Å². The highest BCUT2D eigenvalue weighted by Crippen LogP contribution is 2.31. The van der Waals surface area contributed by atoms with Crippen LogP contribution in [0.5, 0.6) is 5.75 Å². The van der Waals surface area contributed by atoms with E-state index in [1.165, 1.54) is 35.1 Å². The number of aromatic nitrogens is 4. The molecule has 0 saturated carbocycles. The molecule has 1 aliphatic rings. The van der Waals surface area contributed by atoms with E-state index in [4.69, 9.17) is 4.74 Å². The summed E-state index contributed by atoms with van der Waals surface area (Å²) < 4.78 is 33.1. The molecule has 0 aromatic carbocycles. The second kappa shape index (κ2) is 12.9. The fourth-order valence-corrected chi connectivity index (χ4v) is 5.71. The highest BCUT2D eigenvalue weighted by molar-refractivity contribution is 7.13. The number of allylic oxidation sites excluding steroid dienone is 1. The van der Waals surface area contributed by atoms with E-state index in [1.54, 1.807) is 28.6 Å². The number of carbonyl (C=O) groups excluding carboxylic acids is 1. The van der Waals surface area contributed by atoms with Gasteiger partial charge >= 0.3 is 0 Å². The van der Waals surface area contributed by atoms with Crippen LogP contribution in [0.3, 0.4) is 0 Å². The molecular weight excluding hydrogens is 574 g/mol. The number of piperazine rings is 1. The van der Waals surface area contributed by atoms with Crippen molar-refractivity contribution in [2.24, 2.45) is 0 Å². The van der Waals surface area contributed by atoms with Crippen molar-refractivity contribution in [1.82, 2.24) is 29.7 Å². The Balaban J connectivity index is 1.76. The summed E-state index contributed by atoms with van der Waals surface area (Å²) in [4.78, 5) is 43.7. The quantitative estimate of drug-likeness (QED) is 0.287. The maximum absolute atomic E-state index is 14.5. The SMILES string of the molecule is CCc1ncc(OC)cc1-n1c(C=C(C)C)c(C(=O)N2CCNCC2)cc(-c2nc(-c3ccc(C(F)F)cn3)cs2)c1=O. The lowest BCUT2D eigenvalue weighted by Gasteiger charge is -2.29. The van der Waals surface area contributed by atoms with Gasteiger partial charge in [0.2, 0.25) is 0 Å². The Morgan fingerprint density at radius 2 is 1.91 bits per heavy atom. The van der Waals surface area contributed by atoms with Gasteiger partial charge in [-0.2, -0.15) is 0 Å². The van der Waals surface area contributed by atoms with Crippen molar-refractivity contribution < 1.29 is 18.3 Å². The number of thiazole rings is 1. The molecular formula is C31H32F2N6O3S. The maximum atomic E-state index is 14.5. The van der Waals surface area contributed by atoms with E-state index in [-0.39, 0.29) is 22.6 Å². The lowest BCUT2D eigenvalue weighted by atomic mass is 10.0. The molecule has 9 nitrogen and oxygen atoms in total. The molecule has 0 aliphatic carbocycles. The highest BCUT2D eigenvalue weighted by Gasteiger charge is 2.27. The van der Waals surface area contributed by atoms with Gasteiger partial charge in [-0.3, -0.25) is 24.1 Å². The summed E-state index contributed by atoms with van der Waals surface area (Å²) in [5.74, 6) is 0.274. The first-order chi connectivity index (χ1) is 20.7. The number of pyridine rings is 3. The Morgan fingerprint density at radius 1 is 1.14 bits per heavy atom. The molecule has 1 N–H and O–H groups in total. The minimum atomic E-state index is -2.63. The average Bonchev–Trinajstić information content (AvgIpc) is 3.51. The standard InChI is InChI=1S/C31H32F2N6O3S/c1-5-23-27(13-20(42-4)16-36-23)39-26(12-18(2)3)21(30(40)38-10-8-34-9-11-38)14-22(31(39)41)29-37-25(17-43-29)24-7-6-19(15-35-24)28(32)33/h6-7,12-17,28,34H,5,8-11H2,1-4H3. The molecule has 0 spiro atoms. The van der Waals surface area contributed by atoms with E-state index >= 15 is 0 Å². The summed E-state index contributed by atoms with van der Waals surface area (Å²) in [6, 6.07) is 6.15. The zero-order valence-corrected chi connectivity index (χ0v) is 25.2. The van der Waals surface area contributed by atoms with Crippen LogP contribution < -0.4 is 15.6 Å². The normalized spacial score (nSPS) is 13.3. The van der Waals surface area contributed by atoms with E-state index in [2.05, 4.69) is 20.3 Å². The number of carbonyl (C=O) groups is 1. The number of aryl methyl sites for hydroxylation is 1. The van der Waals surface area contributed by atoms with Crippen LogP contribution in [-0.4, -0.2) is 63.6 Å². The molecule has 12 heteroatoms. The molecule has 0 radical (unpaired) electrons. The van der Waals surface area contributed by atoms with Crippen LogP contribution in [-0.2, 0) is 6.42 Å². The number of hydrogen-bond donors (Lipinski definition) is 1. The van der Waals surface area contributed by atoms with E-state index < -0.39 is 6.43 Å². The number of ether oxygens (including phenoxy) is 1. The van der Waals surface area contributed by atoms with Crippen molar-refractivity contribution in [3.8, 4) is 33.4 Å². The largest absolute Gasteiger partial charge is 0.495 e. The van der Waals surface area contributed by atoms with Crippen LogP contribution in [0.2, 0.25) is 0 Å². The predicted molar refractivity (Wildman–Crippen MR) is 163 cm³/mol. The molecule has 43 heavy (non-hydrogen) atoms. The highest BCUT2D eigenvalue weighted by atomic mass is 32.1. The number of nitrogens with one attached hydrogen (secondary N) is 1. The molecule has 1 aliphatic heterocycles. The minimum absolute atomic E-state index is 0.188. The molecule has 4 aromatic rings. The molecule has 224 valence electrons. The predicted octanol–water partition coefficient (Wildman–Crippen LogP) is 5.40. The van der Waals surface area contributed by atoms with E-state index in [1.807, 2.05) is 26.8 Å². The third kappa shape index (κ3) is 6.25. The Kier molecular flexibility index (Phi) is 9.07. The average molecular weight is 607 g/mol. The van der Waals surface area contributed by atoms with E-state index in [0.717, 1.165) is 11.8 Å². The van der Waals surface area contributed by atoms with Gasteiger partial charge in [-0.25, -0.2) is 13.8 Å². The lowest BCUT2D eigenvalue weighted by Crippen LogP contribution is -2.47. The van der Waals surface area contributed by atoms with Gasteiger partial charge in [-0.1, -0.05) is 12.5 Å². The maximum Gasteiger partial charge on any atom is 0.265 e. The molecule has 0 unspecified atom stereocenters. The minimum Gasteiger partial charge on any atom is -0.495 e. The first-order valence-corrected chi connectivity index (χ1v) is 14.8. The molecule has 1 saturated heterocycles. The van der Waals surface area contributed by atoms with Gasteiger partial charge in [0.25, 0.3) is 17.9 Å². The van der Waals surface area contributed by atoms with Crippen LogP contribution in [0, 0.1) is 0 Å². The number of hydrogen-bond acceptors (Lipinski definition) is 8. The van der Waals surface area contributed by atoms with Crippen LogP contribution in [0.15, 0.2) is 52.4 Å². The summed E-state index contributed by atoms with van der Waals surface area (Å²) in [5.41, 5.74) is 3.38. The smallest absolute Gasteiger partial charge is 0.265 e. The lowest BCUT2D eigenvalue weighted by molar-refractivity contribution is 0.0735. The fraction of sp³-hybridized carbons (Fsp3) is 0.323. The molecule has 5 heterocycles. The van der Waals surface area contributed by atoms with Crippen molar-refractivity contribution in [3.05, 3.63) is 80.5 Å². The summed E-state index contributed by atoms with van der Waals surface area (Å²) in [6.45, 7) is 8.16. The van der Waals surface area contributed by atoms with Crippen molar-refractivity contribution in [2.75, 3.05) is 33.3 Å². The van der Waals surface area contributed by atoms with Crippen molar-refractivity contribution >= 4 is 23.3 Å². The Bertz CT molecular complexity index is 1720. The van der Waals surface area contributed by atoms with Crippen LogP contribution in [0.4, 0.5) is 8.78 Å². The topological polar surface area (TPSA) is 102 Å². The van der Waals surface area contributed by atoms with Gasteiger partial charge in [0.15, 0.2) is 0 Å². The molecule has 5 rings (SSSR count). The van der Waals surface area contributed by atoms with Crippen molar-refractivity contribution in [1.29, 1.82) is 0 Å². The van der Waals surface area contributed by atoms with Gasteiger partial charge < -0.3 is 15.0 Å². The van der Waals surface area contributed by atoms with Gasteiger partial charge in [-0.05, 0) is 44.5 Å². The summed E-state index contributed by atoms with van der Waals surface area (Å²) in [5, 5.41) is 5.36. The first-order valence-electron chi connectivity index (χ1n) is 13.9. The number of rotatable bonds is 8. The number of nitrogens with zero attached hydrogens (tertiary/aromatic N) is 5. The van der Waals surface area contributed by atoms with Gasteiger partial charge in [0.1, 0.15) is 16.5 Å². The van der Waals surface area contributed by atoms with E-state index in [0.29, 0.717) is 77.4 Å². The Morgan fingerprint density at radius 3 is 2.53 bits per heavy atom. The number of amides is 1. The number of halogens is 2. The van der Waals surface area contributed by atoms with E-state index in [9.17, 15) is 18.4 Å². The molecule has 0 bridgehead atoms. The Hall–Kier alpha value is -4.29. The molecule has 1 fully saturated rings. The third-order valence-corrected chi connectivity index (χ3v) is 7.94. The number of alkyl halides is 2. The first kappa shape index (κ1) is 30.2. The van der Waals surface area contributed by atoms with Crippen LogP contribution in [0.1, 0.15) is 54.5 Å². The van der Waals surface area contributed by atoms with Crippen molar-refractivity contribution in [2.45, 2.75) is 33.6 Å². The molecule has 0 atom stereocenters. The number of methoxy groups -OCH3 is 1. The molecule has 4 aromatic heterocycles. The Labute approximate surface area is 251 Å². The second-order valence-corrected chi connectivity index (χ2v) is 11.1. The second-order valence-electron chi connectivity index (χ2n) is 10.3. The summed E-state index contributed by atoms with van der Waals surface area (Å²) >= 11 is 1.22. The third-order valence-electron chi connectivity index (χ3n) is 7.07. The summed E-state index contributed by atoms with van der Waals surface area (Å²) in [6.07, 6.45) is 2.46. The summed E-state index contributed by atoms with van der Waals surface area (Å²) in [7, 11) is 1.53.